The van der Waals surface area contributed by atoms with Gasteiger partial charge in [-0.1, -0.05) is 0 Å². The van der Waals surface area contributed by atoms with Gasteiger partial charge in [0.1, 0.15) is 11.8 Å². The minimum absolute atomic E-state index is 0.0380. The second-order valence-electron chi connectivity index (χ2n) is 2.72. The van der Waals surface area contributed by atoms with Gasteiger partial charge < -0.3 is 5.73 Å². The van der Waals surface area contributed by atoms with E-state index in [0.29, 0.717) is 16.9 Å². The molecule has 2 rings (SSSR count). The molecular weight excluding hydrogens is 168 g/mol. The molecule has 0 aliphatic heterocycles. The first kappa shape index (κ1) is 7.72. The highest BCUT2D eigenvalue weighted by Gasteiger charge is 2.10. The summed E-state index contributed by atoms with van der Waals surface area (Å²) in [5.41, 5.74) is 6.75. The fourth-order valence-corrected chi connectivity index (χ4v) is 1.26. The summed E-state index contributed by atoms with van der Waals surface area (Å²) in [6, 6.07) is 1.68. The van der Waals surface area contributed by atoms with Crippen molar-refractivity contribution in [3.05, 3.63) is 24.2 Å². The molecule has 0 unspecified atom stereocenters. The quantitative estimate of drug-likeness (QED) is 0.642. The van der Waals surface area contributed by atoms with Crippen LogP contribution in [0.5, 0.6) is 0 Å². The van der Waals surface area contributed by atoms with Gasteiger partial charge in [-0.2, -0.15) is 5.10 Å². The van der Waals surface area contributed by atoms with E-state index >= 15 is 0 Å². The lowest BCUT2D eigenvalue weighted by Crippen LogP contribution is -2.01. The molecule has 0 aliphatic carbocycles. The Bertz CT molecular complexity index is 474. The Morgan fingerprint density at radius 1 is 1.62 bits per heavy atom. The number of ketones is 1. The third-order valence-electron chi connectivity index (χ3n) is 1.86. The fraction of sp³-hybridized carbons (Fsp3) is 0.125. The number of carbonyl (C=O) groups is 1. The van der Waals surface area contributed by atoms with Crippen LogP contribution < -0.4 is 5.73 Å². The first-order valence-electron chi connectivity index (χ1n) is 3.79. The average molecular weight is 176 g/mol. The molecule has 0 amide bonds. The molecule has 5 heteroatoms. The zero-order chi connectivity index (χ0) is 9.42. The molecule has 2 aromatic rings. The fourth-order valence-electron chi connectivity index (χ4n) is 1.26. The van der Waals surface area contributed by atoms with Gasteiger partial charge >= 0.3 is 0 Å². The third-order valence-corrected chi connectivity index (χ3v) is 1.86. The van der Waals surface area contributed by atoms with E-state index in [4.69, 9.17) is 5.73 Å². The second kappa shape index (κ2) is 2.55. The van der Waals surface area contributed by atoms with Crippen molar-refractivity contribution in [3.63, 3.8) is 0 Å². The van der Waals surface area contributed by atoms with Gasteiger partial charge in [0.2, 0.25) is 0 Å². The molecule has 0 aliphatic rings. The normalized spacial score (nSPS) is 10.5. The SMILES string of the molecule is CC(=O)c1ccn2ncnc(N)c12. The maximum Gasteiger partial charge on any atom is 0.162 e. The highest BCUT2D eigenvalue weighted by Crippen LogP contribution is 2.16. The minimum atomic E-state index is -0.0380. The Labute approximate surface area is 74.2 Å². The van der Waals surface area contributed by atoms with Crippen molar-refractivity contribution in [3.8, 4) is 0 Å². The molecule has 0 bridgehead atoms. The summed E-state index contributed by atoms with van der Waals surface area (Å²) in [6.07, 6.45) is 3.04. The zero-order valence-electron chi connectivity index (χ0n) is 7.06. The molecule has 0 radical (unpaired) electrons. The van der Waals surface area contributed by atoms with Crippen LogP contribution in [0.4, 0.5) is 5.82 Å². The standard InChI is InChI=1S/C8H8N4O/c1-5(13)6-2-3-12-7(6)8(9)10-4-11-12/h2-4H,1H3,(H2,9,10,11). The lowest BCUT2D eigenvalue weighted by Gasteiger charge is -1.97. The molecule has 0 fully saturated rings. The van der Waals surface area contributed by atoms with Gasteiger partial charge in [0.25, 0.3) is 0 Å². The van der Waals surface area contributed by atoms with Gasteiger partial charge in [0, 0.05) is 11.8 Å². The molecule has 0 aromatic carbocycles. The summed E-state index contributed by atoms with van der Waals surface area (Å²) in [5, 5.41) is 3.92. The number of anilines is 1. The number of hydrogen-bond donors (Lipinski definition) is 1. The number of nitrogens with zero attached hydrogens (tertiary/aromatic N) is 3. The van der Waals surface area contributed by atoms with E-state index in [2.05, 4.69) is 10.1 Å². The Hall–Kier alpha value is -1.91. The number of fused-ring (bicyclic) bond motifs is 1. The molecule has 2 aromatic heterocycles. The molecule has 2 heterocycles. The van der Waals surface area contributed by atoms with Gasteiger partial charge in [0.15, 0.2) is 11.6 Å². The molecule has 0 spiro atoms. The first-order chi connectivity index (χ1) is 6.20. The largest absolute Gasteiger partial charge is 0.382 e. The number of nitrogens with two attached hydrogens (primary N) is 1. The Kier molecular flexibility index (Phi) is 1.51. The Balaban J connectivity index is 2.86. The van der Waals surface area contributed by atoms with Crippen LogP contribution in [0.3, 0.4) is 0 Å². The minimum Gasteiger partial charge on any atom is -0.382 e. The van der Waals surface area contributed by atoms with Crippen LogP contribution in [0.1, 0.15) is 17.3 Å². The van der Waals surface area contributed by atoms with Gasteiger partial charge in [-0.3, -0.25) is 4.79 Å². The maximum atomic E-state index is 11.1. The number of rotatable bonds is 1. The van der Waals surface area contributed by atoms with Crippen LogP contribution in [0.2, 0.25) is 0 Å². The predicted octanol–water partition coefficient (Wildman–Crippen LogP) is 0.514. The molecular formula is C8H8N4O. The smallest absolute Gasteiger partial charge is 0.162 e. The van der Waals surface area contributed by atoms with Crippen molar-refractivity contribution in [2.24, 2.45) is 0 Å². The van der Waals surface area contributed by atoms with E-state index in [-0.39, 0.29) is 5.78 Å². The number of Topliss-reactive ketones (excluding diaryl/α,β-unsaturated/α-hetero) is 1. The van der Waals surface area contributed by atoms with Crippen LogP contribution >= 0.6 is 0 Å². The molecule has 0 atom stereocenters. The van der Waals surface area contributed by atoms with Gasteiger partial charge in [-0.05, 0) is 13.0 Å². The van der Waals surface area contributed by atoms with Crippen LogP contribution in [0.25, 0.3) is 5.52 Å². The number of hydrogen-bond acceptors (Lipinski definition) is 4. The van der Waals surface area contributed by atoms with E-state index in [1.807, 2.05) is 0 Å². The molecule has 2 N–H and O–H groups in total. The van der Waals surface area contributed by atoms with Gasteiger partial charge in [-0.15, -0.1) is 0 Å². The first-order valence-corrected chi connectivity index (χ1v) is 3.79. The molecule has 0 saturated heterocycles. The summed E-state index contributed by atoms with van der Waals surface area (Å²) in [7, 11) is 0. The predicted molar refractivity (Wildman–Crippen MR) is 47.4 cm³/mol. The Morgan fingerprint density at radius 3 is 3.08 bits per heavy atom. The van der Waals surface area contributed by atoms with Crippen molar-refractivity contribution in [1.29, 1.82) is 0 Å². The molecule has 5 nitrogen and oxygen atoms in total. The van der Waals surface area contributed by atoms with Crippen molar-refractivity contribution in [2.75, 3.05) is 5.73 Å². The Morgan fingerprint density at radius 2 is 2.38 bits per heavy atom. The van der Waals surface area contributed by atoms with E-state index in [0.717, 1.165) is 0 Å². The summed E-state index contributed by atoms with van der Waals surface area (Å²) in [6.45, 7) is 1.49. The third kappa shape index (κ3) is 1.05. The van der Waals surface area contributed by atoms with Crippen LogP contribution in [-0.4, -0.2) is 20.4 Å². The molecule has 13 heavy (non-hydrogen) atoms. The van der Waals surface area contributed by atoms with E-state index in [1.165, 1.54) is 13.3 Å². The van der Waals surface area contributed by atoms with Gasteiger partial charge in [0.05, 0.1) is 0 Å². The second-order valence-corrected chi connectivity index (χ2v) is 2.72. The van der Waals surface area contributed by atoms with Gasteiger partial charge in [-0.25, -0.2) is 9.50 Å². The number of carbonyl (C=O) groups excluding carboxylic acids is 1. The van der Waals surface area contributed by atoms with Crippen molar-refractivity contribution < 1.29 is 4.79 Å². The summed E-state index contributed by atoms with van der Waals surface area (Å²) < 4.78 is 1.54. The topological polar surface area (TPSA) is 73.3 Å². The summed E-state index contributed by atoms with van der Waals surface area (Å²) in [5.74, 6) is 0.286. The monoisotopic (exact) mass is 176 g/mol. The van der Waals surface area contributed by atoms with Crippen LogP contribution in [0, 0.1) is 0 Å². The van der Waals surface area contributed by atoms with Crippen LogP contribution in [-0.2, 0) is 0 Å². The van der Waals surface area contributed by atoms with Crippen LogP contribution in [0.15, 0.2) is 18.6 Å². The number of aromatic nitrogens is 3. The average Bonchev–Trinajstić information content (AvgIpc) is 2.49. The zero-order valence-corrected chi connectivity index (χ0v) is 7.06. The van der Waals surface area contributed by atoms with E-state index < -0.39 is 0 Å². The highest BCUT2D eigenvalue weighted by molar-refractivity contribution is 6.03. The lowest BCUT2D eigenvalue weighted by molar-refractivity contribution is 0.101. The summed E-state index contributed by atoms with van der Waals surface area (Å²) in [4.78, 5) is 15.0. The summed E-state index contributed by atoms with van der Waals surface area (Å²) >= 11 is 0. The molecule has 0 saturated carbocycles. The van der Waals surface area contributed by atoms with Crippen molar-refractivity contribution >= 4 is 17.1 Å². The highest BCUT2D eigenvalue weighted by atomic mass is 16.1. The van der Waals surface area contributed by atoms with E-state index in [9.17, 15) is 4.79 Å². The van der Waals surface area contributed by atoms with Crippen molar-refractivity contribution in [2.45, 2.75) is 6.92 Å². The van der Waals surface area contributed by atoms with E-state index in [1.54, 1.807) is 16.8 Å². The maximum absolute atomic E-state index is 11.1. The van der Waals surface area contributed by atoms with Crippen molar-refractivity contribution in [1.82, 2.24) is 14.6 Å². The number of nitrogen functional groups attached to an aromatic ring is 1. The molecule has 66 valence electrons. The lowest BCUT2D eigenvalue weighted by atomic mass is 10.2.